The van der Waals surface area contributed by atoms with Crippen LogP contribution < -0.4 is 25.4 Å². The summed E-state index contributed by atoms with van der Waals surface area (Å²) in [4.78, 5) is 58.7. The summed E-state index contributed by atoms with van der Waals surface area (Å²) >= 11 is 0. The molecule has 0 aliphatic carbocycles. The Morgan fingerprint density at radius 2 is 1.88 bits per heavy atom. The molecule has 0 radical (unpaired) electrons. The number of nitrogens with two attached hydrogens (primary N) is 1. The van der Waals surface area contributed by atoms with Gasteiger partial charge in [0.2, 0.25) is 5.78 Å². The third-order valence-corrected chi connectivity index (χ3v) is 9.55. The quantitative estimate of drug-likeness (QED) is 0.0916. The van der Waals surface area contributed by atoms with Gasteiger partial charge in [-0.3, -0.25) is 9.59 Å². The zero-order valence-electron chi connectivity index (χ0n) is 29.9. The molecule has 3 aromatic heterocycles. The maximum atomic E-state index is 14.1. The number of amides is 4. The summed E-state index contributed by atoms with van der Waals surface area (Å²) < 4.78 is 63.6. The SMILES string of the molecule is Cc1cc(Oc2ccccc2F)ccc1-n1ncc(C(=O)c2cc3cc(OCC(F)F)c(N4C(=O)[C@@H]5C[C@H](NC(=O)OCc6ccco6)CN5C4=O)cc3[nH]2)c1N. The number of hydrogen-bond acceptors (Lipinski definition) is 10. The number of nitrogen functional groups attached to an aromatic ring is 1. The fourth-order valence-corrected chi connectivity index (χ4v) is 6.89. The van der Waals surface area contributed by atoms with Gasteiger partial charge in [0.25, 0.3) is 12.3 Å². The minimum absolute atomic E-state index is 0.0126. The Hall–Kier alpha value is -7.24. The van der Waals surface area contributed by atoms with Crippen LogP contribution in [0.1, 0.15) is 33.8 Å². The average Bonchev–Trinajstić information content (AvgIpc) is 4.03. The maximum absolute atomic E-state index is 14.1. The van der Waals surface area contributed by atoms with E-state index in [0.717, 1.165) is 4.90 Å². The number of ketones is 1. The first kappa shape index (κ1) is 36.7. The number of imide groups is 1. The van der Waals surface area contributed by atoms with Crippen LogP contribution in [-0.4, -0.2) is 75.1 Å². The second-order valence-corrected chi connectivity index (χ2v) is 13.3. The predicted octanol–water partition coefficient (Wildman–Crippen LogP) is 6.48. The minimum atomic E-state index is -2.87. The second kappa shape index (κ2) is 14.8. The molecule has 0 saturated carbocycles. The molecule has 4 amide bonds. The van der Waals surface area contributed by atoms with E-state index in [4.69, 9.17) is 24.4 Å². The normalized spacial score (nSPS) is 16.4. The molecule has 15 nitrogen and oxygen atoms in total. The maximum Gasteiger partial charge on any atom is 0.407 e. The van der Waals surface area contributed by atoms with Gasteiger partial charge in [-0.05, 0) is 79.6 Å². The van der Waals surface area contributed by atoms with Crippen molar-refractivity contribution in [3.8, 4) is 22.9 Å². The molecule has 0 spiro atoms. The number of furan rings is 1. The van der Waals surface area contributed by atoms with Crippen molar-refractivity contribution in [1.82, 2.24) is 25.0 Å². The Kier molecular flexibility index (Phi) is 9.52. The topological polar surface area (TPSA) is 187 Å². The zero-order chi connectivity index (χ0) is 40.0. The van der Waals surface area contributed by atoms with Gasteiger partial charge in [-0.2, -0.15) is 5.10 Å². The summed E-state index contributed by atoms with van der Waals surface area (Å²) in [6, 6.07) is 16.1. The molecule has 2 atom stereocenters. The molecule has 18 heteroatoms. The lowest BCUT2D eigenvalue weighted by atomic mass is 10.1. The lowest BCUT2D eigenvalue weighted by Crippen LogP contribution is -2.41. The van der Waals surface area contributed by atoms with Gasteiger partial charge in [-0.1, -0.05) is 12.1 Å². The van der Waals surface area contributed by atoms with Crippen molar-refractivity contribution < 1.29 is 51.0 Å². The lowest BCUT2D eigenvalue weighted by Gasteiger charge is -2.21. The van der Waals surface area contributed by atoms with E-state index in [1.807, 2.05) is 0 Å². The molecule has 6 aromatic rings. The highest BCUT2D eigenvalue weighted by atomic mass is 19.3. The molecule has 4 N–H and O–H groups in total. The number of anilines is 2. The summed E-state index contributed by atoms with van der Waals surface area (Å²) in [7, 11) is 0. The van der Waals surface area contributed by atoms with E-state index in [2.05, 4.69) is 15.4 Å². The van der Waals surface area contributed by atoms with Crippen LogP contribution in [0.15, 0.2) is 89.7 Å². The van der Waals surface area contributed by atoms with E-state index < -0.39 is 54.7 Å². The average molecular weight is 784 g/mol. The number of halogens is 3. The van der Waals surface area contributed by atoms with Crippen LogP contribution in [-0.2, 0) is 16.1 Å². The predicted molar refractivity (Wildman–Crippen MR) is 196 cm³/mol. The minimum Gasteiger partial charge on any atom is -0.485 e. The first-order valence-corrected chi connectivity index (χ1v) is 17.5. The number of rotatable bonds is 12. The molecule has 2 saturated heterocycles. The van der Waals surface area contributed by atoms with Crippen molar-refractivity contribution in [3.05, 3.63) is 114 Å². The van der Waals surface area contributed by atoms with Gasteiger partial charge in [-0.25, -0.2) is 32.3 Å². The summed E-state index contributed by atoms with van der Waals surface area (Å²) in [5.41, 5.74) is 7.90. The van der Waals surface area contributed by atoms with Crippen LogP contribution in [0, 0.1) is 12.7 Å². The molecule has 8 rings (SSSR count). The number of aromatic amines is 1. The number of nitrogens with one attached hydrogen (secondary N) is 2. The van der Waals surface area contributed by atoms with Crippen LogP contribution in [0.25, 0.3) is 16.6 Å². The van der Waals surface area contributed by atoms with Crippen molar-refractivity contribution in [3.63, 3.8) is 0 Å². The molecule has 2 aliphatic rings. The van der Waals surface area contributed by atoms with Gasteiger partial charge in [0, 0.05) is 17.4 Å². The molecule has 2 fully saturated rings. The van der Waals surface area contributed by atoms with Crippen LogP contribution in [0.2, 0.25) is 0 Å². The van der Waals surface area contributed by atoms with Crippen molar-refractivity contribution in [2.24, 2.45) is 0 Å². The van der Waals surface area contributed by atoms with Gasteiger partial charge in [0.1, 0.15) is 35.7 Å². The third-order valence-electron chi connectivity index (χ3n) is 9.55. The van der Waals surface area contributed by atoms with E-state index >= 15 is 0 Å². The Bertz CT molecular complexity index is 2510. The first-order valence-electron chi connectivity index (χ1n) is 17.5. The van der Waals surface area contributed by atoms with E-state index in [-0.39, 0.29) is 59.4 Å². The highest BCUT2D eigenvalue weighted by molar-refractivity contribution is 6.23. The van der Waals surface area contributed by atoms with E-state index in [1.54, 1.807) is 49.4 Å². The summed E-state index contributed by atoms with van der Waals surface area (Å²) in [5.74, 6) is -1.05. The van der Waals surface area contributed by atoms with Gasteiger partial charge >= 0.3 is 12.1 Å². The smallest absolute Gasteiger partial charge is 0.407 e. The molecule has 3 aromatic carbocycles. The van der Waals surface area contributed by atoms with Crippen LogP contribution in [0.5, 0.6) is 17.2 Å². The fraction of sp³-hybridized carbons (Fsp3) is 0.205. The molecular formula is C39H32F3N7O8. The van der Waals surface area contributed by atoms with Gasteiger partial charge in [0.05, 0.1) is 41.1 Å². The number of ether oxygens (including phenoxy) is 3. The number of hydrogen-bond donors (Lipinski definition) is 3. The van der Waals surface area contributed by atoms with E-state index in [9.17, 15) is 32.3 Å². The Balaban J connectivity index is 1.01. The third kappa shape index (κ3) is 7.07. The number of carbonyl (C=O) groups is 4. The number of carbonyl (C=O) groups excluding carboxylic acids is 4. The summed E-state index contributed by atoms with van der Waals surface area (Å²) in [6.45, 7) is 0.613. The van der Waals surface area contributed by atoms with E-state index in [0.29, 0.717) is 28.1 Å². The first-order chi connectivity index (χ1) is 27.4. The second-order valence-electron chi connectivity index (χ2n) is 13.3. The molecule has 2 aliphatic heterocycles. The molecular weight excluding hydrogens is 751 g/mol. The van der Waals surface area contributed by atoms with E-state index in [1.165, 1.54) is 52.4 Å². The number of H-pyrrole nitrogens is 1. The number of alkyl halides is 2. The summed E-state index contributed by atoms with van der Waals surface area (Å²) in [6.07, 6.45) is -0.820. The molecule has 0 bridgehead atoms. The van der Waals surface area contributed by atoms with Crippen LogP contribution in [0.4, 0.5) is 34.3 Å². The molecule has 5 heterocycles. The van der Waals surface area contributed by atoms with Crippen molar-refractivity contribution in [1.29, 1.82) is 0 Å². The molecule has 292 valence electrons. The monoisotopic (exact) mass is 783 g/mol. The standard InChI is InChI=1S/C39H32F3N7O8/c1-20-11-23(57-32-7-3-2-6-26(32)40)8-9-29(20)49-36(43)25(16-44-49)35(50)28-12-21-13-33(55-19-34(41)42)30(15-27(21)46-28)48-37(51)31-14-22(17-47(31)39(48)53)45-38(52)56-18-24-5-4-10-54-24/h2-13,15-16,22,31,34,46H,14,17-19,43H2,1H3,(H,45,52)/t22-,31-/m0/s1. The summed E-state index contributed by atoms with van der Waals surface area (Å²) in [5, 5.41) is 7.33. The fourth-order valence-electron chi connectivity index (χ4n) is 6.89. The Morgan fingerprint density at radius 3 is 2.61 bits per heavy atom. The Morgan fingerprint density at radius 1 is 1.05 bits per heavy atom. The van der Waals surface area contributed by atoms with Gasteiger partial charge in [0.15, 0.2) is 18.2 Å². The van der Waals surface area contributed by atoms with Gasteiger partial charge in [-0.15, -0.1) is 0 Å². The Labute approximate surface area is 320 Å². The number of nitrogens with zero attached hydrogens (tertiary/aromatic N) is 4. The lowest BCUT2D eigenvalue weighted by molar-refractivity contribution is -0.119. The van der Waals surface area contributed by atoms with Crippen molar-refractivity contribution >= 4 is 46.2 Å². The number of fused-ring (bicyclic) bond motifs is 2. The van der Waals surface area contributed by atoms with Gasteiger partial charge < -0.3 is 39.6 Å². The number of urea groups is 1. The van der Waals surface area contributed by atoms with Crippen molar-refractivity contribution in [2.75, 3.05) is 23.8 Å². The number of aryl methyl sites for hydroxylation is 1. The number of alkyl carbamates (subject to hydrolysis) is 1. The number of benzene rings is 3. The largest absolute Gasteiger partial charge is 0.485 e. The highest BCUT2D eigenvalue weighted by Crippen LogP contribution is 2.40. The van der Waals surface area contributed by atoms with Crippen LogP contribution >= 0.6 is 0 Å². The molecule has 0 unspecified atom stereocenters. The number of para-hydroxylation sites is 1. The highest BCUT2D eigenvalue weighted by Gasteiger charge is 2.52. The van der Waals surface area contributed by atoms with Crippen LogP contribution in [0.3, 0.4) is 0 Å². The molecule has 57 heavy (non-hydrogen) atoms. The zero-order valence-corrected chi connectivity index (χ0v) is 29.9. The van der Waals surface area contributed by atoms with Crippen molar-refractivity contribution in [2.45, 2.75) is 38.5 Å². The number of aromatic nitrogens is 3.